The minimum atomic E-state index is 0.873. The molecule has 224 valence electrons. The average molecular weight is 632 g/mol. The van der Waals surface area contributed by atoms with Gasteiger partial charge in [-0.15, -0.1) is 0 Å². The Morgan fingerprint density at radius 3 is 1.83 bits per heavy atom. The predicted octanol–water partition coefficient (Wildman–Crippen LogP) is 12.1. The predicted molar refractivity (Wildman–Crippen MR) is 201 cm³/mol. The lowest BCUT2D eigenvalue weighted by Crippen LogP contribution is -1.98. The van der Waals surface area contributed by atoms with Crippen LogP contribution in [0.5, 0.6) is 0 Å². The number of aromatic nitrogens is 3. The van der Waals surface area contributed by atoms with Crippen LogP contribution in [0.2, 0.25) is 0 Å². The molecule has 0 saturated carbocycles. The molecule has 7 aromatic carbocycles. The molecule has 0 aliphatic rings. The lowest BCUT2D eigenvalue weighted by molar-refractivity contribution is 0.670. The zero-order chi connectivity index (χ0) is 31.3. The van der Waals surface area contributed by atoms with E-state index >= 15 is 0 Å². The fourth-order valence-corrected chi connectivity index (χ4v) is 8.77. The first-order chi connectivity index (χ1) is 23.8. The average Bonchev–Trinajstić information content (AvgIpc) is 3.91. The van der Waals surface area contributed by atoms with Gasteiger partial charge in [0.15, 0.2) is 5.13 Å². The van der Waals surface area contributed by atoms with Crippen molar-refractivity contribution in [1.29, 1.82) is 0 Å². The molecule has 0 radical (unpaired) electrons. The Hall–Kier alpha value is -6.17. The number of furan rings is 1. The summed E-state index contributed by atoms with van der Waals surface area (Å²) >= 11 is 1.74. The number of thiazole rings is 1. The van der Waals surface area contributed by atoms with Gasteiger partial charge in [0.2, 0.25) is 0 Å². The highest BCUT2D eigenvalue weighted by Gasteiger charge is 2.24. The summed E-state index contributed by atoms with van der Waals surface area (Å²) in [6.45, 7) is 0. The molecule has 0 aliphatic heterocycles. The molecule has 11 aromatic rings. The normalized spacial score (nSPS) is 12.2. The van der Waals surface area contributed by atoms with E-state index in [4.69, 9.17) is 9.40 Å². The highest BCUT2D eigenvalue weighted by Crippen LogP contribution is 2.46. The van der Waals surface area contributed by atoms with Crippen LogP contribution in [0.3, 0.4) is 0 Å². The van der Waals surface area contributed by atoms with Crippen LogP contribution >= 0.6 is 11.3 Å². The summed E-state index contributed by atoms with van der Waals surface area (Å²) in [5, 5.41) is 7.96. The summed E-state index contributed by atoms with van der Waals surface area (Å²) < 4.78 is 12.5. The molecule has 48 heavy (non-hydrogen) atoms. The molecule has 0 amide bonds. The van der Waals surface area contributed by atoms with Gasteiger partial charge in [-0.1, -0.05) is 127 Å². The number of hydrogen-bond acceptors (Lipinski definition) is 3. The lowest BCUT2D eigenvalue weighted by Gasteiger charge is -2.10. The molecule has 4 heterocycles. The van der Waals surface area contributed by atoms with Crippen LogP contribution in [0.1, 0.15) is 0 Å². The minimum absolute atomic E-state index is 0.873. The van der Waals surface area contributed by atoms with Crippen LogP contribution in [0, 0.1) is 0 Å². The molecule has 0 bridgehead atoms. The van der Waals surface area contributed by atoms with Gasteiger partial charge in [-0.2, -0.15) is 0 Å². The second-order valence-corrected chi connectivity index (χ2v) is 13.3. The van der Waals surface area contributed by atoms with Crippen LogP contribution in [-0.2, 0) is 0 Å². The molecule has 0 fully saturated rings. The van der Waals surface area contributed by atoms with Crippen molar-refractivity contribution in [3.63, 3.8) is 0 Å². The van der Waals surface area contributed by atoms with E-state index in [1.54, 1.807) is 11.3 Å². The first-order valence-electron chi connectivity index (χ1n) is 16.1. The van der Waals surface area contributed by atoms with Crippen LogP contribution < -0.4 is 0 Å². The molecular formula is C43H25N3OS. The van der Waals surface area contributed by atoms with E-state index < -0.39 is 0 Å². The first kappa shape index (κ1) is 26.0. The lowest BCUT2D eigenvalue weighted by atomic mass is 10.0. The largest absolute Gasteiger partial charge is 0.455 e. The number of rotatable bonds is 3. The zero-order valence-electron chi connectivity index (χ0n) is 25.6. The maximum atomic E-state index is 6.60. The minimum Gasteiger partial charge on any atom is -0.455 e. The second kappa shape index (κ2) is 9.67. The number of hydrogen-bond donors (Lipinski definition) is 0. The Bertz CT molecular complexity index is 3050. The van der Waals surface area contributed by atoms with E-state index in [1.807, 2.05) is 6.07 Å². The van der Waals surface area contributed by atoms with Gasteiger partial charge in [0, 0.05) is 38.2 Å². The van der Waals surface area contributed by atoms with Gasteiger partial charge in [0.05, 0.1) is 37.7 Å². The van der Waals surface area contributed by atoms with Gasteiger partial charge in [-0.3, -0.25) is 4.57 Å². The Kier molecular flexibility index (Phi) is 5.23. The van der Waals surface area contributed by atoms with Crippen molar-refractivity contribution in [2.45, 2.75) is 0 Å². The summed E-state index contributed by atoms with van der Waals surface area (Å²) in [6, 6.07) is 53.8. The van der Waals surface area contributed by atoms with Crippen molar-refractivity contribution in [1.82, 2.24) is 14.1 Å². The number of para-hydroxylation sites is 4. The first-order valence-corrected chi connectivity index (χ1v) is 17.0. The Labute approximate surface area is 278 Å². The molecule has 11 rings (SSSR count). The Morgan fingerprint density at radius 1 is 0.521 bits per heavy atom. The fraction of sp³-hybridized carbons (Fsp3) is 0. The van der Waals surface area contributed by atoms with Crippen molar-refractivity contribution in [3.8, 4) is 21.9 Å². The molecule has 0 saturated heterocycles. The molecule has 4 aromatic heterocycles. The van der Waals surface area contributed by atoms with Gasteiger partial charge in [-0.25, -0.2) is 4.98 Å². The summed E-state index contributed by atoms with van der Waals surface area (Å²) in [4.78, 5) is 5.52. The van der Waals surface area contributed by atoms with Crippen molar-refractivity contribution >= 4 is 87.1 Å². The zero-order valence-corrected chi connectivity index (χ0v) is 26.4. The summed E-state index contributed by atoms with van der Waals surface area (Å²) in [7, 11) is 0. The topological polar surface area (TPSA) is 35.9 Å². The summed E-state index contributed by atoms with van der Waals surface area (Å²) in [5.74, 6) is 0. The fourth-order valence-electron chi connectivity index (χ4n) is 7.74. The van der Waals surface area contributed by atoms with Crippen molar-refractivity contribution < 1.29 is 4.42 Å². The van der Waals surface area contributed by atoms with E-state index in [-0.39, 0.29) is 0 Å². The molecule has 0 atom stereocenters. The third kappa shape index (κ3) is 3.46. The third-order valence-electron chi connectivity index (χ3n) is 9.75. The summed E-state index contributed by atoms with van der Waals surface area (Å²) in [6.07, 6.45) is 0. The van der Waals surface area contributed by atoms with E-state index in [9.17, 15) is 0 Å². The smallest absolute Gasteiger partial charge is 0.195 e. The maximum absolute atomic E-state index is 6.60. The van der Waals surface area contributed by atoms with Gasteiger partial charge in [-0.05, 0) is 42.0 Å². The molecule has 5 heteroatoms. The molecular weight excluding hydrogens is 607 g/mol. The SMILES string of the molecule is c1ccc(-c2cc3sc(-n4c5ccccc5c5ccc6c7ccccc7n(-c7ccccc7)c6c54)nc3c3c2oc2ccccc23)cc1. The highest BCUT2D eigenvalue weighted by molar-refractivity contribution is 7.21. The number of fused-ring (bicyclic) bond motifs is 12. The Balaban J connectivity index is 1.32. The van der Waals surface area contributed by atoms with Crippen molar-refractivity contribution in [3.05, 3.63) is 152 Å². The van der Waals surface area contributed by atoms with Crippen molar-refractivity contribution in [2.75, 3.05) is 0 Å². The van der Waals surface area contributed by atoms with E-state index in [0.29, 0.717) is 0 Å². The quantitative estimate of drug-likeness (QED) is 0.194. The van der Waals surface area contributed by atoms with Gasteiger partial charge >= 0.3 is 0 Å². The number of benzene rings is 7. The van der Waals surface area contributed by atoms with Crippen LogP contribution in [0.25, 0.3) is 97.7 Å². The molecule has 0 N–H and O–H groups in total. The summed E-state index contributed by atoms with van der Waals surface area (Å²) in [5.41, 5.74) is 10.7. The molecule has 0 aliphatic carbocycles. The van der Waals surface area contributed by atoms with Crippen LogP contribution in [-0.4, -0.2) is 14.1 Å². The van der Waals surface area contributed by atoms with E-state index in [0.717, 1.165) is 65.1 Å². The second-order valence-electron chi connectivity index (χ2n) is 12.3. The monoisotopic (exact) mass is 631 g/mol. The van der Waals surface area contributed by atoms with Crippen LogP contribution in [0.15, 0.2) is 156 Å². The standard InChI is InChI=1S/C43H25N3OS/c1-3-13-26(14-4-1)33-25-37-39(38-32-19-9-12-22-36(32)47-42(33)38)44-43(48-37)46-35-21-11-8-18-29(35)31-24-23-30-28-17-7-10-20-34(28)45(40(30)41(31)46)27-15-5-2-6-16-27/h1-25H. The Morgan fingerprint density at radius 2 is 1.10 bits per heavy atom. The van der Waals surface area contributed by atoms with E-state index in [2.05, 4.69) is 155 Å². The molecule has 0 unspecified atom stereocenters. The van der Waals surface area contributed by atoms with Crippen molar-refractivity contribution in [2.24, 2.45) is 0 Å². The van der Waals surface area contributed by atoms with E-state index in [1.165, 1.54) is 32.6 Å². The van der Waals surface area contributed by atoms with Crippen LogP contribution in [0.4, 0.5) is 0 Å². The highest BCUT2D eigenvalue weighted by atomic mass is 32.1. The molecule has 4 nitrogen and oxygen atoms in total. The molecule has 0 spiro atoms. The maximum Gasteiger partial charge on any atom is 0.195 e. The van der Waals surface area contributed by atoms with Gasteiger partial charge < -0.3 is 8.98 Å². The van der Waals surface area contributed by atoms with Gasteiger partial charge in [0.1, 0.15) is 11.2 Å². The van der Waals surface area contributed by atoms with Gasteiger partial charge in [0.25, 0.3) is 0 Å². The third-order valence-corrected chi connectivity index (χ3v) is 10.7. The number of nitrogens with zero attached hydrogens (tertiary/aromatic N) is 3.